The van der Waals surface area contributed by atoms with Crippen LogP contribution in [0, 0.1) is 11.3 Å². The zero-order valence-corrected chi connectivity index (χ0v) is 15.0. The summed E-state index contributed by atoms with van der Waals surface area (Å²) < 4.78 is 7.71. The fraction of sp³-hybridized carbons (Fsp3) is 0. The molecule has 5 nitrogen and oxygen atoms in total. The van der Waals surface area contributed by atoms with Gasteiger partial charge in [-0.15, -0.1) is 0 Å². The lowest BCUT2D eigenvalue weighted by atomic mass is 10.1. The fourth-order valence-corrected chi connectivity index (χ4v) is 2.91. The topological polar surface area (TPSA) is 80.8 Å². The van der Waals surface area contributed by atoms with Gasteiger partial charge in [0.15, 0.2) is 5.76 Å². The van der Waals surface area contributed by atoms with Crippen LogP contribution in [0.15, 0.2) is 76.9 Å². The molecule has 0 atom stereocenters. The molecule has 0 spiro atoms. The third-order valence-electron chi connectivity index (χ3n) is 4.11. The Morgan fingerprint density at radius 1 is 1.15 bits per heavy atom. The van der Waals surface area contributed by atoms with Crippen molar-refractivity contribution in [1.29, 1.82) is 5.26 Å². The average Bonchev–Trinajstić information content (AvgIpc) is 3.30. The van der Waals surface area contributed by atoms with E-state index in [-0.39, 0.29) is 10.6 Å². The Morgan fingerprint density at radius 2 is 1.89 bits per heavy atom. The van der Waals surface area contributed by atoms with Crippen molar-refractivity contribution >= 4 is 34.3 Å². The minimum Gasteiger partial charge on any atom is -0.454 e. The summed E-state index contributed by atoms with van der Waals surface area (Å²) in [5, 5.41) is 15.0. The highest BCUT2D eigenvalue weighted by Crippen LogP contribution is 2.31. The summed E-state index contributed by atoms with van der Waals surface area (Å²) in [5.41, 5.74) is 8.84. The first-order valence-electron chi connectivity index (χ1n) is 8.21. The molecule has 0 fully saturated rings. The van der Waals surface area contributed by atoms with E-state index in [0.717, 1.165) is 16.7 Å². The summed E-state index contributed by atoms with van der Waals surface area (Å²) in [6.45, 7) is 0. The molecule has 2 aromatic heterocycles. The number of nitrogens with two attached hydrogens (primary N) is 1. The lowest BCUT2D eigenvalue weighted by Crippen LogP contribution is -2.09. The normalized spacial score (nSPS) is 11.4. The number of fused-ring (bicyclic) bond motifs is 1. The van der Waals surface area contributed by atoms with Gasteiger partial charge in [-0.3, -0.25) is 0 Å². The second-order valence-electron chi connectivity index (χ2n) is 5.90. The predicted molar refractivity (Wildman–Crippen MR) is 109 cm³/mol. The first-order valence-corrected chi connectivity index (χ1v) is 8.62. The number of nitrogens with zero attached hydrogens (tertiary/aromatic N) is 3. The molecule has 0 amide bonds. The Morgan fingerprint density at radius 3 is 2.59 bits per heavy atom. The number of thiocarbonyl (C=S) groups is 1. The first kappa shape index (κ1) is 16.8. The summed E-state index contributed by atoms with van der Waals surface area (Å²) in [7, 11) is 0. The Labute approximate surface area is 160 Å². The Kier molecular flexibility index (Phi) is 4.29. The van der Waals surface area contributed by atoms with Crippen LogP contribution in [0.25, 0.3) is 34.2 Å². The largest absolute Gasteiger partial charge is 0.454 e. The lowest BCUT2D eigenvalue weighted by molar-refractivity contribution is 0.627. The zero-order valence-electron chi connectivity index (χ0n) is 14.2. The van der Waals surface area contributed by atoms with Gasteiger partial charge in [-0.1, -0.05) is 48.6 Å². The molecule has 2 aromatic carbocycles. The molecule has 0 aliphatic carbocycles. The van der Waals surface area contributed by atoms with E-state index in [1.54, 1.807) is 10.8 Å². The zero-order chi connectivity index (χ0) is 18.8. The molecule has 130 valence electrons. The smallest absolute Gasteiger partial charge is 0.156 e. The molecule has 6 heteroatoms. The summed E-state index contributed by atoms with van der Waals surface area (Å²) in [6, 6.07) is 21.4. The van der Waals surface area contributed by atoms with Crippen molar-refractivity contribution in [3.63, 3.8) is 0 Å². The number of para-hydroxylation sites is 2. The third kappa shape index (κ3) is 3.24. The van der Waals surface area contributed by atoms with Crippen LogP contribution in [0.3, 0.4) is 0 Å². The standard InChI is InChI=1S/C21H14N4OS/c22-12-15(21(23)27)10-16-13-25(17-7-2-1-3-8-17)24-20(16)19-11-14-6-4-5-9-18(14)26-19/h1-11,13H,(H2,23,27)/b15-10+. The van der Waals surface area contributed by atoms with Gasteiger partial charge in [-0.05, 0) is 30.3 Å². The van der Waals surface area contributed by atoms with Crippen LogP contribution in [-0.2, 0) is 0 Å². The lowest BCUT2D eigenvalue weighted by Gasteiger charge is -1.98. The summed E-state index contributed by atoms with van der Waals surface area (Å²) in [5.74, 6) is 0.609. The van der Waals surface area contributed by atoms with E-state index in [1.807, 2.05) is 72.9 Å². The molecule has 0 bridgehead atoms. The Balaban J connectivity index is 1.92. The quantitative estimate of drug-likeness (QED) is 0.325. The number of nitriles is 1. The van der Waals surface area contributed by atoms with Gasteiger partial charge in [-0.25, -0.2) is 4.68 Å². The van der Waals surface area contributed by atoms with Gasteiger partial charge >= 0.3 is 0 Å². The van der Waals surface area contributed by atoms with E-state index in [1.165, 1.54) is 0 Å². The minimum absolute atomic E-state index is 0.0421. The fourth-order valence-electron chi connectivity index (χ4n) is 2.81. The van der Waals surface area contributed by atoms with Crippen LogP contribution in [0.4, 0.5) is 0 Å². The SMILES string of the molecule is N#C/C(=C\c1cn(-c2ccccc2)nc1-c1cc2ccccc2o1)C(N)=S. The van der Waals surface area contributed by atoms with E-state index < -0.39 is 0 Å². The molecular weight excluding hydrogens is 356 g/mol. The van der Waals surface area contributed by atoms with Crippen molar-refractivity contribution in [1.82, 2.24) is 9.78 Å². The van der Waals surface area contributed by atoms with Gasteiger partial charge in [0.2, 0.25) is 0 Å². The molecule has 2 heterocycles. The molecule has 4 aromatic rings. The van der Waals surface area contributed by atoms with E-state index in [9.17, 15) is 5.26 Å². The number of benzene rings is 2. The maximum atomic E-state index is 9.32. The number of aromatic nitrogens is 2. The van der Waals surface area contributed by atoms with Gasteiger partial charge in [0, 0.05) is 17.1 Å². The maximum absolute atomic E-state index is 9.32. The Hall–Kier alpha value is -3.69. The van der Waals surface area contributed by atoms with Crippen LogP contribution < -0.4 is 5.73 Å². The van der Waals surface area contributed by atoms with Crippen molar-refractivity contribution in [2.75, 3.05) is 0 Å². The van der Waals surface area contributed by atoms with Crippen LogP contribution >= 0.6 is 12.2 Å². The van der Waals surface area contributed by atoms with E-state index >= 15 is 0 Å². The van der Waals surface area contributed by atoms with E-state index in [0.29, 0.717) is 17.0 Å². The molecule has 27 heavy (non-hydrogen) atoms. The second-order valence-corrected chi connectivity index (χ2v) is 6.34. The third-order valence-corrected chi connectivity index (χ3v) is 4.33. The van der Waals surface area contributed by atoms with Gasteiger partial charge in [0.1, 0.15) is 22.3 Å². The molecule has 0 saturated carbocycles. The molecule has 4 rings (SSSR count). The molecule has 0 radical (unpaired) electrons. The average molecular weight is 370 g/mol. The van der Waals surface area contributed by atoms with Gasteiger partial charge in [0.05, 0.1) is 11.3 Å². The molecule has 2 N–H and O–H groups in total. The first-order chi connectivity index (χ1) is 13.2. The molecule has 0 aliphatic rings. The number of furan rings is 1. The molecular formula is C21H14N4OS. The van der Waals surface area contributed by atoms with Crippen molar-refractivity contribution in [3.8, 4) is 23.2 Å². The summed E-state index contributed by atoms with van der Waals surface area (Å²) in [6.07, 6.45) is 3.46. The number of rotatable bonds is 4. The van der Waals surface area contributed by atoms with Crippen molar-refractivity contribution in [3.05, 3.63) is 78.0 Å². The van der Waals surface area contributed by atoms with Gasteiger partial charge in [-0.2, -0.15) is 10.4 Å². The van der Waals surface area contributed by atoms with Crippen LogP contribution in [0.2, 0.25) is 0 Å². The van der Waals surface area contributed by atoms with E-state index in [4.69, 9.17) is 22.4 Å². The van der Waals surface area contributed by atoms with Gasteiger partial charge < -0.3 is 10.2 Å². The minimum atomic E-state index is 0.0421. The number of hydrogen-bond donors (Lipinski definition) is 1. The molecule has 0 unspecified atom stereocenters. The molecule has 0 aliphatic heterocycles. The second kappa shape index (κ2) is 6.90. The summed E-state index contributed by atoms with van der Waals surface area (Å²) in [4.78, 5) is 0.0421. The monoisotopic (exact) mass is 370 g/mol. The van der Waals surface area contributed by atoms with Crippen LogP contribution in [0.5, 0.6) is 0 Å². The maximum Gasteiger partial charge on any atom is 0.156 e. The van der Waals surface area contributed by atoms with Crippen molar-refractivity contribution in [2.24, 2.45) is 5.73 Å². The van der Waals surface area contributed by atoms with Gasteiger partial charge in [0.25, 0.3) is 0 Å². The van der Waals surface area contributed by atoms with Crippen LogP contribution in [-0.4, -0.2) is 14.8 Å². The van der Waals surface area contributed by atoms with Crippen molar-refractivity contribution in [2.45, 2.75) is 0 Å². The van der Waals surface area contributed by atoms with Crippen LogP contribution in [0.1, 0.15) is 5.56 Å². The summed E-state index contributed by atoms with van der Waals surface area (Å²) >= 11 is 4.96. The highest BCUT2D eigenvalue weighted by molar-refractivity contribution is 7.80. The highest BCUT2D eigenvalue weighted by Gasteiger charge is 2.16. The molecule has 0 saturated heterocycles. The predicted octanol–water partition coefficient (Wildman–Crippen LogP) is 4.48. The Bertz CT molecular complexity index is 1180. The van der Waals surface area contributed by atoms with E-state index in [2.05, 4.69) is 5.10 Å². The number of hydrogen-bond acceptors (Lipinski definition) is 4. The van der Waals surface area contributed by atoms with Crippen molar-refractivity contribution < 1.29 is 4.42 Å². The highest BCUT2D eigenvalue weighted by atomic mass is 32.1.